The van der Waals surface area contributed by atoms with Crippen molar-refractivity contribution in [2.75, 3.05) is 38.5 Å². The zero-order valence-electron chi connectivity index (χ0n) is 11.4. The minimum absolute atomic E-state index is 0.134. The lowest BCUT2D eigenvalue weighted by Gasteiger charge is -2.17. The summed E-state index contributed by atoms with van der Waals surface area (Å²) in [6.07, 6.45) is 0. The summed E-state index contributed by atoms with van der Waals surface area (Å²) in [5.74, 6) is -0.134. The van der Waals surface area contributed by atoms with Gasteiger partial charge in [0.25, 0.3) is 0 Å². The SMILES string of the molecule is CCN(CC)CCN=C([O-])c1ccc(NC)cc1. The third kappa shape index (κ3) is 4.37. The molecule has 0 aliphatic carbocycles. The summed E-state index contributed by atoms with van der Waals surface area (Å²) in [6.45, 7) is 7.62. The third-order valence-electron chi connectivity index (χ3n) is 2.99. The fourth-order valence-corrected chi connectivity index (χ4v) is 1.70. The second-order valence-electron chi connectivity index (χ2n) is 4.04. The molecule has 0 unspecified atom stereocenters. The second kappa shape index (κ2) is 7.71. The predicted octanol–water partition coefficient (Wildman–Crippen LogP) is 1.18. The molecule has 100 valence electrons. The fourth-order valence-electron chi connectivity index (χ4n) is 1.70. The average molecular weight is 248 g/mol. The number of anilines is 1. The smallest absolute Gasteiger partial charge is 0.0509 e. The van der Waals surface area contributed by atoms with Crippen molar-refractivity contribution in [2.45, 2.75) is 13.8 Å². The average Bonchev–Trinajstić information content (AvgIpc) is 2.43. The maximum atomic E-state index is 11.8. The van der Waals surface area contributed by atoms with Gasteiger partial charge in [0.2, 0.25) is 0 Å². The molecule has 4 nitrogen and oxygen atoms in total. The zero-order chi connectivity index (χ0) is 13.4. The molecule has 0 spiro atoms. The molecule has 18 heavy (non-hydrogen) atoms. The molecule has 1 aromatic rings. The maximum absolute atomic E-state index is 11.8. The van der Waals surface area contributed by atoms with Crippen molar-refractivity contribution >= 4 is 11.6 Å². The Morgan fingerprint density at radius 3 is 2.33 bits per heavy atom. The lowest BCUT2D eigenvalue weighted by molar-refractivity contribution is -0.213. The first-order chi connectivity index (χ1) is 8.71. The lowest BCUT2D eigenvalue weighted by atomic mass is 10.2. The Balaban J connectivity index is 2.54. The van der Waals surface area contributed by atoms with Gasteiger partial charge >= 0.3 is 0 Å². The van der Waals surface area contributed by atoms with E-state index in [1.54, 1.807) is 12.1 Å². The van der Waals surface area contributed by atoms with Crippen LogP contribution < -0.4 is 10.4 Å². The fraction of sp³-hybridized carbons (Fsp3) is 0.500. The molecule has 0 atom stereocenters. The van der Waals surface area contributed by atoms with Gasteiger partial charge in [0.15, 0.2) is 0 Å². The van der Waals surface area contributed by atoms with Crippen LogP contribution in [0, 0.1) is 0 Å². The molecule has 0 aromatic heterocycles. The van der Waals surface area contributed by atoms with E-state index in [0.29, 0.717) is 12.1 Å². The van der Waals surface area contributed by atoms with Crippen LogP contribution in [0.4, 0.5) is 5.69 Å². The lowest BCUT2D eigenvalue weighted by Crippen LogP contribution is -2.27. The maximum Gasteiger partial charge on any atom is 0.0509 e. The summed E-state index contributed by atoms with van der Waals surface area (Å²) in [4.78, 5) is 6.34. The van der Waals surface area contributed by atoms with Gasteiger partial charge in [0.05, 0.1) is 6.54 Å². The number of nitrogens with zero attached hydrogens (tertiary/aromatic N) is 2. The molecule has 0 saturated carbocycles. The normalized spacial score (nSPS) is 11.9. The highest BCUT2D eigenvalue weighted by molar-refractivity contribution is 5.90. The Labute approximate surface area is 109 Å². The molecule has 0 amide bonds. The minimum Gasteiger partial charge on any atom is -0.858 e. The summed E-state index contributed by atoms with van der Waals surface area (Å²) in [6, 6.07) is 7.37. The van der Waals surface area contributed by atoms with Crippen LogP contribution in [0.3, 0.4) is 0 Å². The van der Waals surface area contributed by atoms with Crippen molar-refractivity contribution in [3.8, 4) is 0 Å². The molecule has 0 saturated heterocycles. The van der Waals surface area contributed by atoms with Gasteiger partial charge < -0.3 is 15.3 Å². The molecule has 0 heterocycles. The van der Waals surface area contributed by atoms with Crippen molar-refractivity contribution in [2.24, 2.45) is 4.99 Å². The summed E-state index contributed by atoms with van der Waals surface area (Å²) in [5.41, 5.74) is 1.64. The Hall–Kier alpha value is -1.55. The van der Waals surface area contributed by atoms with Gasteiger partial charge in [0.1, 0.15) is 0 Å². The van der Waals surface area contributed by atoms with Gasteiger partial charge in [-0.2, -0.15) is 0 Å². The second-order valence-corrected chi connectivity index (χ2v) is 4.04. The Morgan fingerprint density at radius 1 is 1.22 bits per heavy atom. The topological polar surface area (TPSA) is 50.7 Å². The monoisotopic (exact) mass is 248 g/mol. The van der Waals surface area contributed by atoms with Crippen molar-refractivity contribution < 1.29 is 5.11 Å². The Kier molecular flexibility index (Phi) is 6.22. The Bertz CT molecular complexity index is 369. The number of likely N-dealkylation sites (N-methyl/N-ethyl adjacent to an activating group) is 1. The predicted molar refractivity (Wildman–Crippen MR) is 75.2 cm³/mol. The molecular formula is C14H22N3O-. The highest BCUT2D eigenvalue weighted by Crippen LogP contribution is 2.08. The number of benzene rings is 1. The van der Waals surface area contributed by atoms with Crippen LogP contribution in [0.2, 0.25) is 0 Å². The van der Waals surface area contributed by atoms with E-state index in [1.807, 2.05) is 19.2 Å². The summed E-state index contributed by atoms with van der Waals surface area (Å²) in [5, 5.41) is 14.8. The highest BCUT2D eigenvalue weighted by Gasteiger charge is 1.97. The van der Waals surface area contributed by atoms with Crippen LogP contribution in [-0.2, 0) is 0 Å². The van der Waals surface area contributed by atoms with Gasteiger partial charge in [-0.25, -0.2) is 0 Å². The molecule has 1 N–H and O–H groups in total. The largest absolute Gasteiger partial charge is 0.858 e. The van der Waals surface area contributed by atoms with E-state index in [4.69, 9.17) is 0 Å². The molecule has 4 heteroatoms. The van der Waals surface area contributed by atoms with Crippen molar-refractivity contribution in [1.29, 1.82) is 0 Å². The first kappa shape index (κ1) is 14.5. The van der Waals surface area contributed by atoms with Crippen LogP contribution in [0.1, 0.15) is 19.4 Å². The van der Waals surface area contributed by atoms with Gasteiger partial charge in [-0.15, -0.1) is 0 Å². The van der Waals surface area contributed by atoms with Gasteiger partial charge in [0, 0.05) is 19.3 Å². The molecule has 0 bridgehead atoms. The van der Waals surface area contributed by atoms with Crippen molar-refractivity contribution in [3.63, 3.8) is 0 Å². The molecule has 1 rings (SSSR count). The molecule has 0 aliphatic heterocycles. The number of nitrogens with one attached hydrogen (secondary N) is 1. The van der Waals surface area contributed by atoms with E-state index >= 15 is 0 Å². The zero-order valence-corrected chi connectivity index (χ0v) is 11.4. The quantitative estimate of drug-likeness (QED) is 0.582. The molecular weight excluding hydrogens is 226 g/mol. The molecule has 0 aliphatic rings. The van der Waals surface area contributed by atoms with Gasteiger partial charge in [-0.1, -0.05) is 26.0 Å². The molecule has 1 aromatic carbocycles. The first-order valence-electron chi connectivity index (χ1n) is 6.43. The number of hydrogen-bond acceptors (Lipinski definition) is 4. The van der Waals surface area contributed by atoms with E-state index in [1.165, 1.54) is 0 Å². The van der Waals surface area contributed by atoms with E-state index in [0.717, 1.165) is 25.3 Å². The number of aliphatic imine (C=N–C) groups is 1. The first-order valence-corrected chi connectivity index (χ1v) is 6.43. The van der Waals surface area contributed by atoms with E-state index in [9.17, 15) is 5.11 Å². The van der Waals surface area contributed by atoms with Crippen LogP contribution in [0.5, 0.6) is 0 Å². The third-order valence-corrected chi connectivity index (χ3v) is 2.99. The van der Waals surface area contributed by atoms with Crippen LogP contribution >= 0.6 is 0 Å². The minimum atomic E-state index is -0.134. The van der Waals surface area contributed by atoms with Gasteiger partial charge in [-0.05, 0) is 36.7 Å². The summed E-state index contributed by atoms with van der Waals surface area (Å²) >= 11 is 0. The summed E-state index contributed by atoms with van der Waals surface area (Å²) in [7, 11) is 1.85. The molecule has 0 radical (unpaired) electrons. The van der Waals surface area contributed by atoms with Crippen LogP contribution in [0.25, 0.3) is 0 Å². The van der Waals surface area contributed by atoms with Crippen LogP contribution in [-0.4, -0.2) is 44.0 Å². The van der Waals surface area contributed by atoms with Crippen molar-refractivity contribution in [3.05, 3.63) is 29.8 Å². The highest BCUT2D eigenvalue weighted by atomic mass is 16.3. The van der Waals surface area contributed by atoms with E-state index < -0.39 is 0 Å². The van der Waals surface area contributed by atoms with E-state index in [2.05, 4.69) is 29.1 Å². The van der Waals surface area contributed by atoms with Gasteiger partial charge in [-0.3, -0.25) is 4.99 Å². The number of hydrogen-bond donors (Lipinski definition) is 1. The Morgan fingerprint density at radius 2 is 1.83 bits per heavy atom. The van der Waals surface area contributed by atoms with Crippen LogP contribution in [0.15, 0.2) is 29.3 Å². The van der Waals surface area contributed by atoms with Crippen molar-refractivity contribution in [1.82, 2.24) is 4.90 Å². The standard InChI is InChI=1S/C14H23N3O/c1-4-17(5-2)11-10-16-14(18)12-6-8-13(15-3)9-7-12/h6-9,15H,4-5,10-11H2,1-3H3,(H,16,18)/p-1. The molecule has 0 fully saturated rings. The number of rotatable bonds is 7. The summed E-state index contributed by atoms with van der Waals surface area (Å²) < 4.78 is 0. The van der Waals surface area contributed by atoms with E-state index in [-0.39, 0.29) is 5.90 Å².